The molecule has 3 N–H and O–H groups in total. The summed E-state index contributed by atoms with van der Waals surface area (Å²) >= 11 is 0. The van der Waals surface area contributed by atoms with Gasteiger partial charge in [0.05, 0.1) is 11.8 Å². The number of hydrogen-bond acceptors (Lipinski definition) is 8. The van der Waals surface area contributed by atoms with Crippen LogP contribution in [0.3, 0.4) is 0 Å². The number of carbonyl (C=O) groups is 2. The van der Waals surface area contributed by atoms with Crippen LogP contribution in [-0.2, 0) is 20.8 Å². The summed E-state index contributed by atoms with van der Waals surface area (Å²) in [7, 11) is 0. The number of carbonyl (C=O) groups excluding carboxylic acids is 2. The molecule has 1 fully saturated rings. The van der Waals surface area contributed by atoms with Crippen LogP contribution in [0, 0.1) is 0 Å². The topological polar surface area (TPSA) is 129 Å². The van der Waals surface area contributed by atoms with Crippen molar-refractivity contribution >= 4 is 17.6 Å². The van der Waals surface area contributed by atoms with Crippen molar-refractivity contribution in [2.45, 2.75) is 77.4 Å². The minimum absolute atomic E-state index is 0.0224. The number of phenols is 2. The van der Waals surface area contributed by atoms with Crippen molar-refractivity contribution in [2.75, 3.05) is 19.7 Å². The lowest BCUT2D eigenvalue weighted by atomic mass is 9.88. The van der Waals surface area contributed by atoms with Crippen LogP contribution >= 0.6 is 0 Å². The zero-order valence-corrected chi connectivity index (χ0v) is 21.9. The molecule has 0 unspecified atom stereocenters. The second-order valence-electron chi connectivity index (χ2n) is 9.90. The lowest BCUT2D eigenvalue weighted by molar-refractivity contribution is -0.137. The van der Waals surface area contributed by atoms with Crippen molar-refractivity contribution in [1.29, 1.82) is 0 Å². The van der Waals surface area contributed by atoms with Crippen molar-refractivity contribution in [2.24, 2.45) is 5.16 Å². The van der Waals surface area contributed by atoms with Crippen molar-refractivity contribution in [3.8, 4) is 11.5 Å². The van der Waals surface area contributed by atoms with E-state index >= 15 is 0 Å². The zero-order chi connectivity index (χ0) is 26.9. The molecule has 3 rings (SSSR count). The summed E-state index contributed by atoms with van der Waals surface area (Å²) in [5.74, 6) is -1.59. The molecule has 0 spiro atoms. The van der Waals surface area contributed by atoms with Gasteiger partial charge in [0.2, 0.25) is 0 Å². The van der Waals surface area contributed by atoms with E-state index in [1.807, 2.05) is 13.8 Å². The van der Waals surface area contributed by atoms with Crippen LogP contribution in [0.1, 0.15) is 80.3 Å². The number of amides is 1. The van der Waals surface area contributed by atoms with Gasteiger partial charge in [-0.25, -0.2) is 4.79 Å². The number of aliphatic hydroxyl groups is 1. The molecule has 0 bridgehead atoms. The summed E-state index contributed by atoms with van der Waals surface area (Å²) in [5.41, 5.74) is 1.16. The molecule has 9 nitrogen and oxygen atoms in total. The van der Waals surface area contributed by atoms with Gasteiger partial charge in [0.25, 0.3) is 5.91 Å². The lowest BCUT2D eigenvalue weighted by Gasteiger charge is -2.26. The molecule has 1 saturated heterocycles. The Morgan fingerprint density at radius 1 is 1.16 bits per heavy atom. The summed E-state index contributed by atoms with van der Waals surface area (Å²) in [5, 5.41) is 35.7. The molecule has 2 atom stereocenters. The van der Waals surface area contributed by atoms with Crippen LogP contribution in [0.25, 0.3) is 0 Å². The summed E-state index contributed by atoms with van der Waals surface area (Å²) in [4.78, 5) is 32.9. The Morgan fingerprint density at radius 3 is 2.59 bits per heavy atom. The van der Waals surface area contributed by atoms with Crippen molar-refractivity contribution in [3.05, 3.63) is 47.1 Å². The Balaban J connectivity index is 1.99. The summed E-state index contributed by atoms with van der Waals surface area (Å²) < 4.78 is 5.57. The molecular formula is C28H38N2O7. The van der Waals surface area contributed by atoms with Gasteiger partial charge in [-0.05, 0) is 50.2 Å². The molecule has 9 heteroatoms. The fourth-order valence-electron chi connectivity index (χ4n) is 4.63. The first-order chi connectivity index (χ1) is 17.7. The molecule has 1 amide bonds. The Kier molecular flexibility index (Phi) is 10.1. The zero-order valence-electron chi connectivity index (χ0n) is 21.9. The number of hydrogen-bond donors (Lipinski definition) is 3. The Morgan fingerprint density at radius 2 is 1.89 bits per heavy atom. The summed E-state index contributed by atoms with van der Waals surface area (Å²) in [6, 6.07) is 1.15. The first kappa shape index (κ1) is 28.2. The van der Waals surface area contributed by atoms with Gasteiger partial charge >= 0.3 is 5.97 Å². The maximum absolute atomic E-state index is 13.2. The molecule has 1 aromatic rings. The predicted molar refractivity (Wildman–Crippen MR) is 140 cm³/mol. The van der Waals surface area contributed by atoms with Crippen LogP contribution in [0.4, 0.5) is 0 Å². The quantitative estimate of drug-likeness (QED) is 0.315. The number of benzene rings is 1. The van der Waals surface area contributed by atoms with Gasteiger partial charge in [-0.2, -0.15) is 0 Å². The Labute approximate surface area is 218 Å². The second-order valence-corrected chi connectivity index (χ2v) is 9.90. The highest BCUT2D eigenvalue weighted by atomic mass is 16.6. The van der Waals surface area contributed by atoms with Gasteiger partial charge in [-0.1, -0.05) is 37.2 Å². The van der Waals surface area contributed by atoms with Crippen LogP contribution < -0.4 is 0 Å². The van der Waals surface area contributed by atoms with Crippen molar-refractivity contribution in [1.82, 2.24) is 4.90 Å². The molecule has 0 aliphatic carbocycles. The SMILES string of the molecule is CC(C)c1c(O)cc(O)c2c1CC(=N/OCC(=O)N1CCCCC1)/C=C/C[C@@H](O)/C=C/C[C@@H](C)OC2=O. The van der Waals surface area contributed by atoms with E-state index < -0.39 is 23.9 Å². The van der Waals surface area contributed by atoms with Gasteiger partial charge < -0.3 is 29.8 Å². The molecule has 1 aromatic carbocycles. The van der Waals surface area contributed by atoms with Gasteiger partial charge in [-0.15, -0.1) is 0 Å². The highest BCUT2D eigenvalue weighted by Gasteiger charge is 2.27. The molecule has 37 heavy (non-hydrogen) atoms. The predicted octanol–water partition coefficient (Wildman–Crippen LogP) is 3.96. The number of likely N-dealkylation sites (tertiary alicyclic amines) is 1. The molecule has 2 aliphatic heterocycles. The number of oxime groups is 1. The molecule has 2 aliphatic rings. The van der Waals surface area contributed by atoms with E-state index in [9.17, 15) is 24.9 Å². The summed E-state index contributed by atoms with van der Waals surface area (Å²) in [6.45, 7) is 6.64. The third kappa shape index (κ3) is 7.82. The fourth-order valence-corrected chi connectivity index (χ4v) is 4.63. The van der Waals surface area contributed by atoms with E-state index in [0.717, 1.165) is 25.3 Å². The number of nitrogens with zero attached hydrogens (tertiary/aromatic N) is 2. The van der Waals surface area contributed by atoms with Gasteiger partial charge in [-0.3, -0.25) is 4.79 Å². The highest BCUT2D eigenvalue weighted by molar-refractivity contribution is 6.01. The minimum atomic E-state index is -0.739. The number of esters is 1. The van der Waals surface area contributed by atoms with E-state index in [2.05, 4.69) is 5.16 Å². The largest absolute Gasteiger partial charge is 0.508 e. The maximum atomic E-state index is 13.2. The molecule has 0 aromatic heterocycles. The number of rotatable bonds is 4. The molecule has 2 heterocycles. The van der Waals surface area contributed by atoms with E-state index in [-0.39, 0.29) is 36.2 Å². The Hall–Kier alpha value is -3.33. The van der Waals surface area contributed by atoms with Gasteiger partial charge in [0.1, 0.15) is 23.2 Å². The third-order valence-corrected chi connectivity index (χ3v) is 6.47. The molecule has 0 saturated carbocycles. The smallest absolute Gasteiger partial charge is 0.342 e. The standard InChI is InChI=1S/C28H38N2O7/c1-18(2)26-22-15-20(29-36-17-25(34)30-13-5-4-6-14-30)10-8-12-21(31)11-7-9-19(3)37-28(35)27(22)24(33)16-23(26)32/h7-8,10-11,16,18-19,21,31-33H,4-6,9,12-15,17H2,1-3H3/b10-8+,11-7+,29-20+/t19-,21+/m1/s1. The van der Waals surface area contributed by atoms with E-state index in [1.165, 1.54) is 0 Å². The lowest BCUT2D eigenvalue weighted by Crippen LogP contribution is -2.37. The number of piperidine rings is 1. The Bertz CT molecular complexity index is 1060. The first-order valence-corrected chi connectivity index (χ1v) is 12.9. The van der Waals surface area contributed by atoms with Crippen molar-refractivity contribution in [3.63, 3.8) is 0 Å². The number of ether oxygens (including phenoxy) is 1. The number of allylic oxidation sites excluding steroid dienone is 1. The van der Waals surface area contributed by atoms with Crippen molar-refractivity contribution < 1.29 is 34.5 Å². The normalized spacial score (nSPS) is 24.2. The first-order valence-electron chi connectivity index (χ1n) is 12.9. The van der Waals surface area contributed by atoms with E-state index in [4.69, 9.17) is 9.57 Å². The fraction of sp³-hybridized carbons (Fsp3) is 0.536. The minimum Gasteiger partial charge on any atom is -0.508 e. The summed E-state index contributed by atoms with van der Waals surface area (Å²) in [6.07, 6.45) is 9.28. The van der Waals surface area contributed by atoms with Gasteiger partial charge in [0, 0.05) is 37.6 Å². The monoisotopic (exact) mass is 514 g/mol. The number of phenolic OH excluding ortho intramolecular Hbond substituents is 2. The average Bonchev–Trinajstić information content (AvgIpc) is 2.83. The van der Waals surface area contributed by atoms with Crippen LogP contribution in [0.5, 0.6) is 11.5 Å². The second kappa shape index (κ2) is 13.3. The maximum Gasteiger partial charge on any atom is 0.342 e. The number of aliphatic hydroxyl groups excluding tert-OH is 1. The van der Waals surface area contributed by atoms with Crippen LogP contribution in [-0.4, -0.2) is 69.7 Å². The van der Waals surface area contributed by atoms with E-state index in [0.29, 0.717) is 42.8 Å². The number of aromatic hydroxyl groups is 2. The van der Waals surface area contributed by atoms with Gasteiger partial charge in [0.15, 0.2) is 6.61 Å². The average molecular weight is 515 g/mol. The van der Waals surface area contributed by atoms with Crippen LogP contribution in [0.15, 0.2) is 35.5 Å². The molecule has 202 valence electrons. The van der Waals surface area contributed by atoms with E-state index in [1.54, 1.807) is 36.1 Å². The molecule has 0 radical (unpaired) electrons. The third-order valence-electron chi connectivity index (χ3n) is 6.47. The number of fused-ring (bicyclic) bond motifs is 1. The highest BCUT2D eigenvalue weighted by Crippen LogP contribution is 2.38. The van der Waals surface area contributed by atoms with Crippen LogP contribution in [0.2, 0.25) is 0 Å². The number of cyclic esters (lactones) is 1. The molecular weight excluding hydrogens is 476 g/mol.